The maximum absolute atomic E-state index is 9.00. The summed E-state index contributed by atoms with van der Waals surface area (Å²) in [6.07, 6.45) is 0. The van der Waals surface area contributed by atoms with E-state index in [0.29, 0.717) is 13.1 Å². The van der Waals surface area contributed by atoms with Crippen molar-refractivity contribution in [3.8, 4) is 0 Å². The summed E-state index contributed by atoms with van der Waals surface area (Å²) in [5.41, 5.74) is 5.03. The number of nitrogens with zero attached hydrogens (tertiary/aromatic N) is 1. The summed E-state index contributed by atoms with van der Waals surface area (Å²) < 4.78 is 0. The zero-order valence-corrected chi connectivity index (χ0v) is 11.0. The number of hydroxylamine groups is 2. The van der Waals surface area contributed by atoms with Gasteiger partial charge in [0.2, 0.25) is 0 Å². The number of carboxylic acid groups (broad SMARTS) is 3. The average molecular weight is 270 g/mol. The Morgan fingerprint density at radius 1 is 0.944 bits per heavy atom. The first-order valence-corrected chi connectivity index (χ1v) is 4.65. The molecule has 0 aromatic heterocycles. The number of aliphatic carboxylic acids is 3. The first kappa shape index (κ1) is 25.2. The van der Waals surface area contributed by atoms with Crippen molar-refractivity contribution >= 4 is 17.9 Å². The minimum absolute atomic E-state index is 0.507. The molecule has 0 amide bonds. The molecule has 0 saturated heterocycles. The number of likely N-dealkylation sites (N-methyl/N-ethyl adjacent to an activating group) is 1. The molecule has 0 bridgehead atoms. The molecular formula is C9H22N2O7. The molecule has 0 atom stereocenters. The van der Waals surface area contributed by atoms with E-state index in [1.165, 1.54) is 0 Å². The average Bonchev–Trinajstić information content (AvgIpc) is 1.98. The monoisotopic (exact) mass is 270 g/mol. The summed E-state index contributed by atoms with van der Waals surface area (Å²) >= 11 is 0. The minimum atomic E-state index is -0.833. The molecule has 0 rings (SSSR count). The van der Waals surface area contributed by atoms with Gasteiger partial charge in [-0.15, -0.1) is 0 Å². The molecular weight excluding hydrogens is 248 g/mol. The first-order valence-electron chi connectivity index (χ1n) is 4.65. The van der Waals surface area contributed by atoms with E-state index < -0.39 is 17.9 Å². The summed E-state index contributed by atoms with van der Waals surface area (Å²) in [6, 6.07) is 0. The highest BCUT2D eigenvalue weighted by atomic mass is 16.5. The van der Waals surface area contributed by atoms with E-state index in [-0.39, 0.29) is 0 Å². The van der Waals surface area contributed by atoms with Crippen LogP contribution in [0.25, 0.3) is 0 Å². The van der Waals surface area contributed by atoms with Crippen molar-refractivity contribution < 1.29 is 34.9 Å². The molecule has 0 fully saturated rings. The fraction of sp³-hybridized carbons (Fsp3) is 0.667. The second-order valence-corrected chi connectivity index (χ2v) is 2.73. The molecule has 0 aliphatic heterocycles. The lowest BCUT2D eigenvalue weighted by Gasteiger charge is -2.01. The fourth-order valence-corrected chi connectivity index (χ4v) is 0.187. The van der Waals surface area contributed by atoms with Crippen LogP contribution in [0.1, 0.15) is 20.8 Å². The van der Waals surface area contributed by atoms with Crippen molar-refractivity contribution in [2.24, 2.45) is 5.73 Å². The van der Waals surface area contributed by atoms with Crippen LogP contribution in [0.4, 0.5) is 0 Å². The van der Waals surface area contributed by atoms with Crippen LogP contribution >= 0.6 is 0 Å². The summed E-state index contributed by atoms with van der Waals surface area (Å²) in [4.78, 5) is 27.0. The molecule has 0 saturated carbocycles. The highest BCUT2D eigenvalue weighted by Crippen LogP contribution is 1.63. The predicted molar refractivity (Wildman–Crippen MR) is 63.4 cm³/mol. The number of hydrogen-bond donors (Lipinski definition) is 5. The summed E-state index contributed by atoms with van der Waals surface area (Å²) in [7, 11) is 1.56. The van der Waals surface area contributed by atoms with Gasteiger partial charge in [-0.2, -0.15) is 5.06 Å². The van der Waals surface area contributed by atoms with Gasteiger partial charge in [-0.1, -0.05) is 0 Å². The van der Waals surface area contributed by atoms with Gasteiger partial charge >= 0.3 is 0 Å². The van der Waals surface area contributed by atoms with E-state index in [9.17, 15) is 0 Å². The highest BCUT2D eigenvalue weighted by Gasteiger charge is 1.81. The summed E-state index contributed by atoms with van der Waals surface area (Å²) in [5.74, 6) is -2.50. The van der Waals surface area contributed by atoms with Gasteiger partial charge in [-0.25, -0.2) is 0 Å². The topological polar surface area (TPSA) is 161 Å². The SMILES string of the molecule is CC(=O)O.CC(=O)O.CC(=O)O.CN(O)CCN. The Balaban J connectivity index is -0.0000000742. The van der Waals surface area contributed by atoms with Crippen LogP contribution in [0.2, 0.25) is 0 Å². The maximum Gasteiger partial charge on any atom is 0.300 e. The van der Waals surface area contributed by atoms with E-state index >= 15 is 0 Å². The lowest BCUT2D eigenvalue weighted by Crippen LogP contribution is -2.21. The lowest BCUT2D eigenvalue weighted by atomic mass is 10.7. The molecule has 0 spiro atoms. The van der Waals surface area contributed by atoms with Gasteiger partial charge in [0.25, 0.3) is 17.9 Å². The van der Waals surface area contributed by atoms with Gasteiger partial charge in [0.1, 0.15) is 0 Å². The van der Waals surface area contributed by atoms with Gasteiger partial charge < -0.3 is 26.3 Å². The van der Waals surface area contributed by atoms with Crippen LogP contribution in [0, 0.1) is 0 Å². The third kappa shape index (κ3) is 1520. The molecule has 18 heavy (non-hydrogen) atoms. The second-order valence-electron chi connectivity index (χ2n) is 2.73. The molecule has 0 aliphatic rings. The quantitative estimate of drug-likeness (QED) is 0.418. The molecule has 6 N–H and O–H groups in total. The Morgan fingerprint density at radius 2 is 1.11 bits per heavy atom. The third-order valence-electron chi connectivity index (χ3n) is 0.453. The fourth-order valence-electron chi connectivity index (χ4n) is 0.187. The Morgan fingerprint density at radius 3 is 1.11 bits per heavy atom. The Labute approximate surface area is 105 Å². The van der Waals surface area contributed by atoms with E-state index in [1.807, 2.05) is 0 Å². The van der Waals surface area contributed by atoms with Crippen LogP contribution < -0.4 is 5.73 Å². The molecule has 0 aromatic carbocycles. The molecule has 9 nitrogen and oxygen atoms in total. The summed E-state index contributed by atoms with van der Waals surface area (Å²) in [5, 5.41) is 31.6. The Kier molecular flexibility index (Phi) is 29.0. The third-order valence-corrected chi connectivity index (χ3v) is 0.453. The number of hydrogen-bond acceptors (Lipinski definition) is 6. The second kappa shape index (κ2) is 20.7. The molecule has 0 aromatic rings. The van der Waals surface area contributed by atoms with Gasteiger partial charge in [0.05, 0.1) is 0 Å². The molecule has 0 unspecified atom stereocenters. The highest BCUT2D eigenvalue weighted by molar-refractivity contribution is 5.63. The van der Waals surface area contributed by atoms with Gasteiger partial charge in [-0.05, 0) is 0 Å². The first-order chi connectivity index (χ1) is 7.97. The molecule has 0 aliphatic carbocycles. The van der Waals surface area contributed by atoms with Crippen LogP contribution in [0.5, 0.6) is 0 Å². The molecule has 110 valence electrons. The van der Waals surface area contributed by atoms with Crippen molar-refractivity contribution in [1.29, 1.82) is 0 Å². The molecule has 9 heteroatoms. The standard InChI is InChI=1S/C3H10N2O.3C2H4O2/c1-5(6)3-2-4;3*1-2(3)4/h6H,2-4H2,1H3;3*1H3,(H,3,4). The van der Waals surface area contributed by atoms with Crippen LogP contribution in [0.3, 0.4) is 0 Å². The van der Waals surface area contributed by atoms with Crippen LogP contribution in [-0.2, 0) is 14.4 Å². The summed E-state index contributed by atoms with van der Waals surface area (Å²) in [6.45, 7) is 4.30. The number of nitrogens with two attached hydrogens (primary N) is 1. The van der Waals surface area contributed by atoms with Crippen molar-refractivity contribution in [2.75, 3.05) is 20.1 Å². The maximum atomic E-state index is 9.00. The number of carboxylic acids is 3. The zero-order valence-electron chi connectivity index (χ0n) is 11.0. The lowest BCUT2D eigenvalue weighted by molar-refractivity contribution is -0.135. The number of rotatable bonds is 2. The van der Waals surface area contributed by atoms with E-state index in [1.54, 1.807) is 7.05 Å². The zero-order chi connectivity index (χ0) is 15.7. The van der Waals surface area contributed by atoms with Crippen molar-refractivity contribution in [2.45, 2.75) is 20.8 Å². The van der Waals surface area contributed by atoms with Crippen molar-refractivity contribution in [3.05, 3.63) is 0 Å². The van der Waals surface area contributed by atoms with Gasteiger partial charge in [0, 0.05) is 40.9 Å². The molecule has 0 radical (unpaired) electrons. The van der Waals surface area contributed by atoms with E-state index in [4.69, 9.17) is 40.6 Å². The predicted octanol–water partition coefficient (Wildman–Crippen LogP) is -0.461. The largest absolute Gasteiger partial charge is 0.481 e. The Bertz CT molecular complexity index is 178. The van der Waals surface area contributed by atoms with E-state index in [2.05, 4.69) is 0 Å². The smallest absolute Gasteiger partial charge is 0.300 e. The minimum Gasteiger partial charge on any atom is -0.481 e. The van der Waals surface area contributed by atoms with E-state index in [0.717, 1.165) is 25.8 Å². The van der Waals surface area contributed by atoms with Gasteiger partial charge in [-0.3, -0.25) is 14.4 Å². The van der Waals surface area contributed by atoms with Gasteiger partial charge in [0.15, 0.2) is 0 Å². The van der Waals surface area contributed by atoms with Crippen molar-refractivity contribution in [1.82, 2.24) is 5.06 Å². The number of carbonyl (C=O) groups is 3. The van der Waals surface area contributed by atoms with Crippen LogP contribution in [-0.4, -0.2) is 63.6 Å². The normalized spacial score (nSPS) is 7.50. The van der Waals surface area contributed by atoms with Crippen LogP contribution in [0.15, 0.2) is 0 Å². The Hall–Kier alpha value is -1.71. The molecule has 0 heterocycles. The van der Waals surface area contributed by atoms with Crippen molar-refractivity contribution in [3.63, 3.8) is 0 Å².